The molecule has 3 aliphatic heterocycles. The zero-order chi connectivity index (χ0) is 30.0. The van der Waals surface area contributed by atoms with Gasteiger partial charge in [0.1, 0.15) is 24.2 Å². The number of nitrogens with zero attached hydrogens (tertiary/aromatic N) is 3. The molecule has 6 rings (SSSR count). The van der Waals surface area contributed by atoms with Crippen molar-refractivity contribution in [3.8, 4) is 11.5 Å². The van der Waals surface area contributed by atoms with E-state index < -0.39 is 10.0 Å². The molecule has 11 nitrogen and oxygen atoms in total. The molecular weight excluding hydrogens is 572 g/mol. The second kappa shape index (κ2) is 12.7. The van der Waals surface area contributed by atoms with Crippen molar-refractivity contribution < 1.29 is 32.2 Å². The number of fused-ring (bicyclic) bond motifs is 1. The molecule has 12 heteroatoms. The summed E-state index contributed by atoms with van der Waals surface area (Å²) in [4.78, 5) is 29.7. The van der Waals surface area contributed by atoms with Crippen LogP contribution in [0.5, 0.6) is 11.5 Å². The van der Waals surface area contributed by atoms with Gasteiger partial charge >= 0.3 is 6.09 Å². The van der Waals surface area contributed by atoms with Gasteiger partial charge in [0.05, 0.1) is 24.1 Å². The number of carbonyl (C=O) groups excluding carboxylic acids is 2. The summed E-state index contributed by atoms with van der Waals surface area (Å²) in [5.41, 5.74) is 2.32. The summed E-state index contributed by atoms with van der Waals surface area (Å²) in [7, 11) is -1.75. The second-order valence-corrected chi connectivity index (χ2v) is 13.8. The molecular formula is C31H40N4O7S. The van der Waals surface area contributed by atoms with Crippen LogP contribution in [-0.4, -0.2) is 93.4 Å². The van der Waals surface area contributed by atoms with Gasteiger partial charge in [-0.1, -0.05) is 18.2 Å². The smallest absolute Gasteiger partial charge is 0.414 e. The van der Waals surface area contributed by atoms with Crippen molar-refractivity contribution in [1.29, 1.82) is 0 Å². The first-order valence-corrected chi connectivity index (χ1v) is 16.8. The van der Waals surface area contributed by atoms with Crippen LogP contribution in [0.4, 0.5) is 10.5 Å². The Morgan fingerprint density at radius 2 is 1.74 bits per heavy atom. The number of piperidine rings is 2. The molecule has 2 aromatic rings. The van der Waals surface area contributed by atoms with Crippen molar-refractivity contribution in [2.75, 3.05) is 50.5 Å². The minimum atomic E-state index is -3.28. The lowest BCUT2D eigenvalue weighted by molar-refractivity contribution is 0.0705. The van der Waals surface area contributed by atoms with E-state index in [-0.39, 0.29) is 36.5 Å². The fourth-order valence-corrected chi connectivity index (χ4v) is 7.57. The van der Waals surface area contributed by atoms with Crippen LogP contribution in [0, 0.1) is 0 Å². The largest absolute Gasteiger partial charge is 0.496 e. The number of carbonyl (C=O) groups is 2. The van der Waals surface area contributed by atoms with E-state index in [0.29, 0.717) is 81.5 Å². The van der Waals surface area contributed by atoms with E-state index in [1.807, 2.05) is 24.3 Å². The lowest BCUT2D eigenvalue weighted by Gasteiger charge is -2.40. The summed E-state index contributed by atoms with van der Waals surface area (Å²) < 4.78 is 44.1. The Morgan fingerprint density at radius 1 is 1.00 bits per heavy atom. The molecule has 0 bridgehead atoms. The van der Waals surface area contributed by atoms with E-state index in [1.54, 1.807) is 32.3 Å². The van der Waals surface area contributed by atoms with Gasteiger partial charge in [0.25, 0.3) is 5.91 Å². The molecule has 0 radical (unpaired) electrons. The van der Waals surface area contributed by atoms with Gasteiger partial charge in [-0.05, 0) is 56.7 Å². The number of benzene rings is 2. The Hall–Kier alpha value is -3.35. The molecule has 2 saturated heterocycles. The highest BCUT2D eigenvalue weighted by molar-refractivity contribution is 7.89. The van der Waals surface area contributed by atoms with Gasteiger partial charge in [-0.3, -0.25) is 9.69 Å². The van der Waals surface area contributed by atoms with Crippen LogP contribution >= 0.6 is 0 Å². The van der Waals surface area contributed by atoms with Crippen LogP contribution in [-0.2, 0) is 21.4 Å². The van der Waals surface area contributed by atoms with Crippen LogP contribution in [0.1, 0.15) is 54.4 Å². The quantitative estimate of drug-likeness (QED) is 0.434. The van der Waals surface area contributed by atoms with Crippen LogP contribution in [0.25, 0.3) is 0 Å². The lowest BCUT2D eigenvalue weighted by atomic mass is 10.00. The summed E-state index contributed by atoms with van der Waals surface area (Å²) in [6.07, 6.45) is 4.30. The first kappa shape index (κ1) is 29.7. The fourth-order valence-electron chi connectivity index (χ4n) is 6.17. The van der Waals surface area contributed by atoms with E-state index in [0.717, 1.165) is 24.1 Å². The SMILES string of the molecule is COc1cc(OC2CCN(S(=O)(=O)CCNC3CC3)CC2)ccc1C(=O)N1CCC(N2C(=O)OCc3ccccc32)CC1. The summed E-state index contributed by atoms with van der Waals surface area (Å²) in [6.45, 7) is 2.65. The normalized spacial score (nSPS) is 20.4. The third-order valence-electron chi connectivity index (χ3n) is 8.79. The molecule has 0 aromatic heterocycles. The molecule has 0 spiro atoms. The molecule has 232 valence electrons. The summed E-state index contributed by atoms with van der Waals surface area (Å²) >= 11 is 0. The number of sulfonamides is 1. The first-order chi connectivity index (χ1) is 20.8. The van der Waals surface area contributed by atoms with E-state index in [4.69, 9.17) is 14.2 Å². The number of hydrogen-bond acceptors (Lipinski definition) is 8. The molecule has 1 N–H and O–H groups in total. The Balaban J connectivity index is 1.02. The third-order valence-corrected chi connectivity index (χ3v) is 10.7. The van der Waals surface area contributed by atoms with Crippen molar-refractivity contribution in [3.63, 3.8) is 0 Å². The average molecular weight is 613 g/mol. The van der Waals surface area contributed by atoms with Crippen molar-refractivity contribution in [2.45, 2.75) is 63.3 Å². The first-order valence-electron chi connectivity index (χ1n) is 15.2. The minimum absolute atomic E-state index is 0.0449. The van der Waals surface area contributed by atoms with E-state index in [1.165, 1.54) is 7.11 Å². The molecule has 2 amide bonds. The van der Waals surface area contributed by atoms with Gasteiger partial charge in [0.15, 0.2) is 0 Å². The minimum Gasteiger partial charge on any atom is -0.496 e. The van der Waals surface area contributed by atoms with Gasteiger partial charge in [0.2, 0.25) is 10.0 Å². The number of hydrogen-bond donors (Lipinski definition) is 1. The predicted octanol–water partition coefficient (Wildman–Crippen LogP) is 3.38. The highest BCUT2D eigenvalue weighted by atomic mass is 32.2. The second-order valence-electron chi connectivity index (χ2n) is 11.7. The number of nitrogens with one attached hydrogen (secondary N) is 1. The van der Waals surface area contributed by atoms with Crippen molar-refractivity contribution in [1.82, 2.24) is 14.5 Å². The van der Waals surface area contributed by atoms with Crippen LogP contribution in [0.2, 0.25) is 0 Å². The molecule has 3 heterocycles. The van der Waals surface area contributed by atoms with Gasteiger partial charge < -0.3 is 24.4 Å². The molecule has 4 aliphatic rings. The Kier molecular flexibility index (Phi) is 8.78. The zero-order valence-electron chi connectivity index (χ0n) is 24.6. The van der Waals surface area contributed by atoms with E-state index in [9.17, 15) is 18.0 Å². The van der Waals surface area contributed by atoms with Gasteiger partial charge in [-0.15, -0.1) is 0 Å². The molecule has 3 fully saturated rings. The number of anilines is 1. The highest BCUT2D eigenvalue weighted by Crippen LogP contribution is 2.33. The summed E-state index contributed by atoms with van der Waals surface area (Å²) in [6, 6.07) is 13.5. The highest BCUT2D eigenvalue weighted by Gasteiger charge is 2.36. The third kappa shape index (κ3) is 6.76. The molecule has 1 saturated carbocycles. The maximum absolute atomic E-state index is 13.5. The van der Waals surface area contributed by atoms with Crippen molar-refractivity contribution in [3.05, 3.63) is 53.6 Å². The number of rotatable bonds is 10. The summed E-state index contributed by atoms with van der Waals surface area (Å²) in [5, 5.41) is 3.27. The lowest BCUT2D eigenvalue weighted by Crippen LogP contribution is -2.50. The standard InChI is InChI=1S/C31H40N4O7S/c1-40-29-20-26(42-25-12-17-34(18-13-25)43(38,39)19-14-32-23-6-7-23)8-9-27(29)30(36)33-15-10-24(11-16-33)35-28-5-3-2-4-22(28)21-41-31(35)37/h2-5,8-9,20,23-25,32H,6-7,10-19,21H2,1H3. The van der Waals surface area contributed by atoms with Crippen LogP contribution < -0.4 is 19.7 Å². The zero-order valence-corrected chi connectivity index (χ0v) is 25.4. The number of likely N-dealkylation sites (tertiary alicyclic amines) is 1. The molecule has 0 atom stereocenters. The van der Waals surface area contributed by atoms with Crippen LogP contribution in [0.15, 0.2) is 42.5 Å². The number of cyclic esters (lactones) is 1. The Bertz CT molecular complexity index is 1430. The van der Waals surface area contributed by atoms with Crippen molar-refractivity contribution >= 4 is 27.7 Å². The molecule has 43 heavy (non-hydrogen) atoms. The van der Waals surface area contributed by atoms with E-state index in [2.05, 4.69) is 5.32 Å². The molecule has 1 aliphatic carbocycles. The topological polar surface area (TPSA) is 118 Å². The predicted molar refractivity (Wildman–Crippen MR) is 161 cm³/mol. The maximum Gasteiger partial charge on any atom is 0.414 e. The number of ether oxygens (including phenoxy) is 3. The van der Waals surface area contributed by atoms with Gasteiger partial charge in [-0.2, -0.15) is 0 Å². The molecule has 0 unspecified atom stereocenters. The van der Waals surface area contributed by atoms with E-state index >= 15 is 0 Å². The monoisotopic (exact) mass is 612 g/mol. The fraction of sp³-hybridized carbons (Fsp3) is 0.548. The number of para-hydroxylation sites is 1. The van der Waals surface area contributed by atoms with Gasteiger partial charge in [0, 0.05) is 56.4 Å². The Morgan fingerprint density at radius 3 is 2.47 bits per heavy atom. The average Bonchev–Trinajstić information content (AvgIpc) is 3.85. The van der Waals surface area contributed by atoms with Crippen LogP contribution in [0.3, 0.4) is 0 Å². The number of amides is 2. The summed E-state index contributed by atoms with van der Waals surface area (Å²) in [5.74, 6) is 1.02. The number of methoxy groups -OCH3 is 1. The van der Waals surface area contributed by atoms with Crippen molar-refractivity contribution in [2.24, 2.45) is 0 Å². The maximum atomic E-state index is 13.5. The van der Waals surface area contributed by atoms with Gasteiger partial charge in [-0.25, -0.2) is 17.5 Å². The Labute approximate surface area is 253 Å². The molecule has 2 aromatic carbocycles.